The lowest BCUT2D eigenvalue weighted by atomic mass is 10.2. The van der Waals surface area contributed by atoms with Gasteiger partial charge in [0.05, 0.1) is 22.9 Å². The molecule has 0 aliphatic rings. The van der Waals surface area contributed by atoms with E-state index in [1.165, 1.54) is 10.6 Å². The quantitative estimate of drug-likeness (QED) is 0.574. The van der Waals surface area contributed by atoms with Crippen molar-refractivity contribution in [3.8, 4) is 23.0 Å². The number of ether oxygens (including phenoxy) is 1. The van der Waals surface area contributed by atoms with Gasteiger partial charge in [0.2, 0.25) is 5.56 Å². The molecule has 0 amide bonds. The number of hydrogen-bond donors (Lipinski definition) is 0. The summed E-state index contributed by atoms with van der Waals surface area (Å²) >= 11 is 0. The Hall–Kier alpha value is -3.01. The first-order valence-corrected chi connectivity index (χ1v) is 10.9. The Morgan fingerprint density at radius 2 is 1.97 bits per heavy atom. The van der Waals surface area contributed by atoms with Crippen LogP contribution in [0.1, 0.15) is 30.5 Å². The van der Waals surface area contributed by atoms with Gasteiger partial charge in [-0.15, -0.1) is 0 Å². The first-order valence-electron chi connectivity index (χ1n) is 9.04. The largest absolute Gasteiger partial charge is 0.418 e. The monoisotopic (exact) mass is 418 g/mol. The first-order chi connectivity index (χ1) is 13.7. The van der Waals surface area contributed by atoms with Crippen LogP contribution in [0.25, 0.3) is 11.3 Å². The van der Waals surface area contributed by atoms with Gasteiger partial charge in [0.25, 0.3) is 0 Å². The van der Waals surface area contributed by atoms with Crippen LogP contribution in [0.2, 0.25) is 0 Å². The van der Waals surface area contributed by atoms with Crippen molar-refractivity contribution in [3.05, 3.63) is 51.9 Å². The van der Waals surface area contributed by atoms with Gasteiger partial charge in [0.1, 0.15) is 5.69 Å². The van der Waals surface area contributed by atoms with Crippen LogP contribution in [0.5, 0.6) is 11.8 Å². The Morgan fingerprint density at radius 3 is 2.59 bits per heavy atom. The van der Waals surface area contributed by atoms with Crippen LogP contribution < -0.4 is 10.3 Å². The molecule has 29 heavy (non-hydrogen) atoms. The van der Waals surface area contributed by atoms with Crippen LogP contribution >= 0.6 is 0 Å². The number of rotatable bonds is 7. The van der Waals surface area contributed by atoms with E-state index in [9.17, 15) is 13.2 Å². The molecule has 3 aromatic rings. The lowest BCUT2D eigenvalue weighted by Gasteiger charge is -2.10. The van der Waals surface area contributed by atoms with Crippen molar-refractivity contribution in [1.29, 1.82) is 0 Å². The van der Waals surface area contributed by atoms with E-state index in [1.54, 1.807) is 46.1 Å². The topological polar surface area (TPSA) is 117 Å². The summed E-state index contributed by atoms with van der Waals surface area (Å²) in [6, 6.07) is 4.61. The normalized spacial score (nSPS) is 11.6. The van der Waals surface area contributed by atoms with Gasteiger partial charge in [-0.25, -0.2) is 8.42 Å². The fraction of sp³-hybridized carbons (Fsp3) is 0.368. The number of aryl methyl sites for hydroxylation is 3. The van der Waals surface area contributed by atoms with Crippen molar-refractivity contribution in [2.75, 3.05) is 5.75 Å². The third kappa shape index (κ3) is 4.89. The molecule has 0 saturated heterocycles. The third-order valence-electron chi connectivity index (χ3n) is 4.18. The third-order valence-corrected chi connectivity index (χ3v) is 5.95. The molecule has 0 bridgehead atoms. The summed E-state index contributed by atoms with van der Waals surface area (Å²) in [5.41, 5.74) is 1.74. The summed E-state index contributed by atoms with van der Waals surface area (Å²) in [6.45, 7) is 5.22. The zero-order valence-electron chi connectivity index (χ0n) is 16.7. The number of sulfone groups is 1. The predicted molar refractivity (Wildman–Crippen MR) is 107 cm³/mol. The van der Waals surface area contributed by atoms with E-state index in [0.717, 1.165) is 0 Å². The molecule has 0 atom stereocenters. The van der Waals surface area contributed by atoms with Crippen LogP contribution in [0, 0.1) is 13.8 Å². The van der Waals surface area contributed by atoms with Gasteiger partial charge in [-0.3, -0.25) is 4.79 Å². The summed E-state index contributed by atoms with van der Waals surface area (Å²) in [4.78, 5) is 20.4. The molecule has 9 nitrogen and oxygen atoms in total. The van der Waals surface area contributed by atoms with Crippen molar-refractivity contribution < 1.29 is 17.7 Å². The number of pyridine rings is 1. The molecule has 3 rings (SSSR count). The SMILES string of the molecule is CCCS(=O)(=O)Cc1cc(-c2ccc(=O)n(C)c2)nc(Oc2c(C)noc2C)n1. The molecule has 0 aliphatic heterocycles. The molecule has 3 aromatic heterocycles. The van der Waals surface area contributed by atoms with E-state index < -0.39 is 9.84 Å². The fourth-order valence-electron chi connectivity index (χ4n) is 2.81. The average molecular weight is 418 g/mol. The van der Waals surface area contributed by atoms with Gasteiger partial charge in [-0.05, 0) is 25.5 Å². The Balaban J connectivity index is 2.08. The molecule has 0 radical (unpaired) electrons. The van der Waals surface area contributed by atoms with Crippen molar-refractivity contribution in [3.63, 3.8) is 0 Å². The number of aromatic nitrogens is 4. The highest BCUT2D eigenvalue weighted by Gasteiger charge is 2.18. The molecule has 0 saturated carbocycles. The van der Waals surface area contributed by atoms with Crippen molar-refractivity contribution in [2.24, 2.45) is 7.05 Å². The molecular formula is C19H22N4O5S. The summed E-state index contributed by atoms with van der Waals surface area (Å²) < 4.78 is 36.9. The molecule has 0 fully saturated rings. The molecule has 10 heteroatoms. The van der Waals surface area contributed by atoms with Crippen LogP contribution in [-0.2, 0) is 22.6 Å². The highest BCUT2D eigenvalue weighted by molar-refractivity contribution is 7.90. The maximum absolute atomic E-state index is 12.3. The second-order valence-corrected chi connectivity index (χ2v) is 8.93. The minimum Gasteiger partial charge on any atom is -0.418 e. The summed E-state index contributed by atoms with van der Waals surface area (Å²) in [7, 11) is -1.70. The lowest BCUT2D eigenvalue weighted by molar-refractivity contribution is 0.379. The van der Waals surface area contributed by atoms with Crippen LogP contribution in [0.3, 0.4) is 0 Å². The van der Waals surface area contributed by atoms with Gasteiger partial charge in [-0.2, -0.15) is 9.97 Å². The zero-order chi connectivity index (χ0) is 21.2. The highest BCUT2D eigenvalue weighted by atomic mass is 32.2. The molecule has 0 spiro atoms. The van der Waals surface area contributed by atoms with Crippen molar-refractivity contribution >= 4 is 9.84 Å². The molecule has 0 aliphatic carbocycles. The van der Waals surface area contributed by atoms with Crippen LogP contribution in [0.15, 0.2) is 33.7 Å². The molecule has 0 N–H and O–H groups in total. The van der Waals surface area contributed by atoms with Crippen molar-refractivity contribution in [2.45, 2.75) is 32.9 Å². The van der Waals surface area contributed by atoms with Gasteiger partial charge >= 0.3 is 6.01 Å². The summed E-state index contributed by atoms with van der Waals surface area (Å²) in [5, 5.41) is 3.83. The summed E-state index contributed by atoms with van der Waals surface area (Å²) in [5.74, 6) is 0.663. The van der Waals surface area contributed by atoms with Gasteiger partial charge in [0, 0.05) is 31.8 Å². The second-order valence-electron chi connectivity index (χ2n) is 6.74. The minimum atomic E-state index is -3.33. The van der Waals surface area contributed by atoms with Crippen LogP contribution in [0.4, 0.5) is 0 Å². The molecule has 3 heterocycles. The average Bonchev–Trinajstić information content (AvgIpc) is 2.95. The van der Waals surface area contributed by atoms with E-state index in [1.807, 2.05) is 0 Å². The van der Waals surface area contributed by atoms with E-state index in [2.05, 4.69) is 15.1 Å². The van der Waals surface area contributed by atoms with Gasteiger partial charge in [-0.1, -0.05) is 12.1 Å². The van der Waals surface area contributed by atoms with E-state index in [4.69, 9.17) is 9.26 Å². The van der Waals surface area contributed by atoms with Crippen LogP contribution in [-0.4, -0.2) is 33.9 Å². The highest BCUT2D eigenvalue weighted by Crippen LogP contribution is 2.28. The van der Waals surface area contributed by atoms with E-state index >= 15 is 0 Å². The Kier molecular flexibility index (Phi) is 5.83. The standard InChI is InChI=1S/C19H22N4O5S/c1-5-8-29(25,26)11-15-9-16(14-6-7-17(24)23(4)10-14)21-19(20-15)27-18-12(2)22-28-13(18)3/h6-7,9-10H,5,8,11H2,1-4H3. The Labute approximate surface area is 168 Å². The smallest absolute Gasteiger partial charge is 0.322 e. The van der Waals surface area contributed by atoms with Gasteiger partial charge in [0.15, 0.2) is 21.3 Å². The fourth-order valence-corrected chi connectivity index (χ4v) is 4.17. The van der Waals surface area contributed by atoms with E-state index in [-0.39, 0.29) is 23.1 Å². The molecule has 0 unspecified atom stereocenters. The van der Waals surface area contributed by atoms with E-state index in [0.29, 0.717) is 40.6 Å². The number of hydrogen-bond acceptors (Lipinski definition) is 8. The Bertz CT molecular complexity index is 1180. The maximum atomic E-state index is 12.3. The summed E-state index contributed by atoms with van der Waals surface area (Å²) in [6.07, 6.45) is 2.14. The molecule has 154 valence electrons. The first kappa shape index (κ1) is 20.7. The predicted octanol–water partition coefficient (Wildman–Crippen LogP) is 2.56. The molecular weight excluding hydrogens is 396 g/mol. The molecule has 0 aromatic carbocycles. The Morgan fingerprint density at radius 1 is 1.21 bits per heavy atom. The zero-order valence-corrected chi connectivity index (χ0v) is 17.5. The van der Waals surface area contributed by atoms with Gasteiger partial charge < -0.3 is 13.8 Å². The maximum Gasteiger partial charge on any atom is 0.322 e. The number of nitrogens with zero attached hydrogens (tertiary/aromatic N) is 4. The van der Waals surface area contributed by atoms with Crippen molar-refractivity contribution in [1.82, 2.24) is 19.7 Å². The second kappa shape index (κ2) is 8.16. The minimum absolute atomic E-state index is 0.0209. The lowest BCUT2D eigenvalue weighted by Crippen LogP contribution is -2.14.